The molecular weight excluding hydrogens is 254 g/mol. The van der Waals surface area contributed by atoms with Gasteiger partial charge >= 0.3 is 0 Å². The molecule has 0 amide bonds. The van der Waals surface area contributed by atoms with E-state index in [-0.39, 0.29) is 0 Å². The number of nitrogen functional groups attached to an aromatic ring is 1. The van der Waals surface area contributed by atoms with E-state index in [4.69, 9.17) is 10.5 Å². The third-order valence-electron chi connectivity index (χ3n) is 3.09. The molecule has 3 aromatic rings. The molecule has 20 heavy (non-hydrogen) atoms. The first-order chi connectivity index (χ1) is 9.70. The summed E-state index contributed by atoms with van der Waals surface area (Å²) in [6, 6.07) is 5.67. The summed E-state index contributed by atoms with van der Waals surface area (Å²) in [5.74, 6) is 1.27. The Morgan fingerprint density at radius 2 is 2.15 bits per heavy atom. The Morgan fingerprint density at radius 1 is 1.30 bits per heavy atom. The number of ether oxygens (including phenoxy) is 1. The zero-order valence-corrected chi connectivity index (χ0v) is 11.4. The highest BCUT2D eigenvalue weighted by Crippen LogP contribution is 2.24. The average Bonchev–Trinajstić information content (AvgIpc) is 2.84. The summed E-state index contributed by atoms with van der Waals surface area (Å²) in [7, 11) is 0. The summed E-state index contributed by atoms with van der Waals surface area (Å²) in [6.45, 7) is 4.40. The van der Waals surface area contributed by atoms with E-state index in [0.717, 1.165) is 16.5 Å². The molecule has 0 unspecified atom stereocenters. The maximum atomic E-state index is 5.85. The fourth-order valence-electron chi connectivity index (χ4n) is 2.13. The summed E-state index contributed by atoms with van der Waals surface area (Å²) < 4.78 is 7.25. The first-order valence-corrected chi connectivity index (χ1v) is 6.38. The van der Waals surface area contributed by atoms with Crippen LogP contribution in [0.15, 0.2) is 30.7 Å². The molecular formula is C14H15N5O. The van der Waals surface area contributed by atoms with E-state index in [1.807, 2.05) is 32.0 Å². The lowest BCUT2D eigenvalue weighted by molar-refractivity contribution is 0.323. The number of benzene rings is 1. The Hall–Kier alpha value is -2.63. The van der Waals surface area contributed by atoms with Gasteiger partial charge in [0, 0.05) is 11.1 Å². The van der Waals surface area contributed by atoms with Crippen molar-refractivity contribution in [2.45, 2.75) is 13.8 Å². The van der Waals surface area contributed by atoms with Crippen LogP contribution < -0.4 is 10.5 Å². The van der Waals surface area contributed by atoms with Crippen molar-refractivity contribution in [3.8, 4) is 11.7 Å². The van der Waals surface area contributed by atoms with Crippen LogP contribution in [0.5, 0.6) is 5.88 Å². The molecule has 6 nitrogen and oxygen atoms in total. The van der Waals surface area contributed by atoms with Gasteiger partial charge in [0.1, 0.15) is 6.33 Å². The van der Waals surface area contributed by atoms with Gasteiger partial charge in [-0.3, -0.25) is 0 Å². The molecule has 102 valence electrons. The number of hydrogen-bond donors (Lipinski definition) is 1. The summed E-state index contributed by atoms with van der Waals surface area (Å²) in [5.41, 5.74) is 8.30. The minimum atomic E-state index is 0.560. The van der Waals surface area contributed by atoms with Crippen LogP contribution in [0.4, 0.5) is 5.69 Å². The summed E-state index contributed by atoms with van der Waals surface area (Å²) in [6.07, 6.45) is 3.27. The maximum Gasteiger partial charge on any atom is 0.221 e. The van der Waals surface area contributed by atoms with E-state index in [1.165, 1.54) is 6.33 Å². The van der Waals surface area contributed by atoms with Gasteiger partial charge in [-0.2, -0.15) is 5.10 Å². The smallest absolute Gasteiger partial charge is 0.221 e. The Labute approximate surface area is 116 Å². The van der Waals surface area contributed by atoms with E-state index in [2.05, 4.69) is 15.1 Å². The third-order valence-corrected chi connectivity index (χ3v) is 3.09. The molecule has 0 radical (unpaired) electrons. The largest absolute Gasteiger partial charge is 0.478 e. The van der Waals surface area contributed by atoms with Gasteiger partial charge in [-0.25, -0.2) is 14.6 Å². The standard InChI is InChI=1S/C14H15N5O/c1-3-20-14-9(2)13(16-8-17-14)19-12-6-11(15)5-4-10(12)7-18-19/h4-8H,3,15H2,1-2H3. The highest BCUT2D eigenvalue weighted by atomic mass is 16.5. The molecule has 0 fully saturated rings. The van der Waals surface area contributed by atoms with Gasteiger partial charge in [0.2, 0.25) is 5.88 Å². The van der Waals surface area contributed by atoms with Crippen molar-refractivity contribution in [1.82, 2.24) is 19.7 Å². The van der Waals surface area contributed by atoms with Gasteiger partial charge < -0.3 is 10.5 Å². The van der Waals surface area contributed by atoms with E-state index < -0.39 is 0 Å². The van der Waals surface area contributed by atoms with E-state index >= 15 is 0 Å². The number of aromatic nitrogens is 4. The van der Waals surface area contributed by atoms with Gasteiger partial charge in [-0.15, -0.1) is 0 Å². The molecule has 3 rings (SSSR count). The predicted octanol–water partition coefficient (Wildman–Crippen LogP) is 2.10. The Morgan fingerprint density at radius 3 is 2.95 bits per heavy atom. The Bertz CT molecular complexity index is 765. The molecule has 0 aliphatic heterocycles. The van der Waals surface area contributed by atoms with Crippen LogP contribution in [0.3, 0.4) is 0 Å². The number of rotatable bonds is 3. The lowest BCUT2D eigenvalue weighted by Crippen LogP contribution is -2.06. The van der Waals surface area contributed by atoms with Crippen molar-refractivity contribution in [3.05, 3.63) is 36.3 Å². The second-order valence-corrected chi connectivity index (χ2v) is 4.44. The van der Waals surface area contributed by atoms with Crippen LogP contribution in [0.1, 0.15) is 12.5 Å². The number of fused-ring (bicyclic) bond motifs is 1. The van der Waals surface area contributed by atoms with Gasteiger partial charge in [-0.05, 0) is 32.0 Å². The molecule has 2 aromatic heterocycles. The number of nitrogens with two attached hydrogens (primary N) is 1. The van der Waals surface area contributed by atoms with Crippen molar-refractivity contribution in [1.29, 1.82) is 0 Å². The van der Waals surface area contributed by atoms with Crippen LogP contribution in [0.2, 0.25) is 0 Å². The van der Waals surface area contributed by atoms with Crippen LogP contribution in [-0.2, 0) is 0 Å². The Kier molecular flexibility index (Phi) is 2.98. The molecule has 6 heteroatoms. The minimum Gasteiger partial charge on any atom is -0.478 e. The third kappa shape index (κ3) is 1.95. The summed E-state index contributed by atoms with van der Waals surface area (Å²) >= 11 is 0. The van der Waals surface area contributed by atoms with E-state index in [1.54, 1.807) is 10.9 Å². The second kappa shape index (κ2) is 4.80. The fourth-order valence-corrected chi connectivity index (χ4v) is 2.13. The van der Waals surface area contributed by atoms with E-state index in [0.29, 0.717) is 24.0 Å². The van der Waals surface area contributed by atoms with E-state index in [9.17, 15) is 0 Å². The SMILES string of the molecule is CCOc1ncnc(-n2ncc3ccc(N)cc32)c1C. The first kappa shape index (κ1) is 12.4. The predicted molar refractivity (Wildman–Crippen MR) is 77.0 cm³/mol. The van der Waals surface area contributed by atoms with Crippen LogP contribution >= 0.6 is 0 Å². The van der Waals surface area contributed by atoms with Gasteiger partial charge in [0.15, 0.2) is 5.82 Å². The fraction of sp³-hybridized carbons (Fsp3) is 0.214. The van der Waals surface area contributed by atoms with Gasteiger partial charge in [0.05, 0.1) is 23.9 Å². The maximum absolute atomic E-state index is 5.85. The topological polar surface area (TPSA) is 78.9 Å². The normalized spacial score (nSPS) is 10.9. The number of nitrogens with zero attached hydrogens (tertiary/aromatic N) is 4. The van der Waals surface area contributed by atoms with Crippen molar-refractivity contribution in [3.63, 3.8) is 0 Å². The number of anilines is 1. The molecule has 0 aliphatic carbocycles. The quantitative estimate of drug-likeness (QED) is 0.737. The highest BCUT2D eigenvalue weighted by Gasteiger charge is 2.13. The summed E-state index contributed by atoms with van der Waals surface area (Å²) in [4.78, 5) is 8.45. The van der Waals surface area contributed by atoms with Crippen molar-refractivity contribution >= 4 is 16.6 Å². The molecule has 0 aliphatic rings. The molecule has 1 aromatic carbocycles. The lowest BCUT2D eigenvalue weighted by atomic mass is 10.2. The highest BCUT2D eigenvalue weighted by molar-refractivity contribution is 5.83. The zero-order chi connectivity index (χ0) is 14.1. The van der Waals surface area contributed by atoms with Crippen LogP contribution in [-0.4, -0.2) is 26.4 Å². The Balaban J connectivity index is 2.20. The lowest BCUT2D eigenvalue weighted by Gasteiger charge is -2.10. The molecule has 2 heterocycles. The van der Waals surface area contributed by atoms with Crippen LogP contribution in [0, 0.1) is 6.92 Å². The molecule has 0 atom stereocenters. The van der Waals surface area contributed by atoms with Crippen molar-refractivity contribution in [2.75, 3.05) is 12.3 Å². The molecule has 2 N–H and O–H groups in total. The van der Waals surface area contributed by atoms with Gasteiger partial charge in [0.25, 0.3) is 0 Å². The zero-order valence-electron chi connectivity index (χ0n) is 11.4. The summed E-state index contributed by atoms with van der Waals surface area (Å²) in [5, 5.41) is 5.39. The van der Waals surface area contributed by atoms with Gasteiger partial charge in [-0.1, -0.05) is 0 Å². The van der Waals surface area contributed by atoms with Crippen molar-refractivity contribution in [2.24, 2.45) is 0 Å². The molecule has 0 bridgehead atoms. The minimum absolute atomic E-state index is 0.560. The molecule has 0 spiro atoms. The number of hydrogen-bond acceptors (Lipinski definition) is 5. The average molecular weight is 269 g/mol. The second-order valence-electron chi connectivity index (χ2n) is 4.44. The first-order valence-electron chi connectivity index (χ1n) is 6.38. The molecule has 0 saturated heterocycles. The van der Waals surface area contributed by atoms with Crippen molar-refractivity contribution < 1.29 is 4.74 Å². The molecule has 0 saturated carbocycles. The van der Waals surface area contributed by atoms with Crippen LogP contribution in [0.25, 0.3) is 16.7 Å². The monoisotopic (exact) mass is 269 g/mol.